The number of hydrogen-bond donors (Lipinski definition) is 1. The Morgan fingerprint density at radius 1 is 1.25 bits per heavy atom. The van der Waals surface area contributed by atoms with Gasteiger partial charge in [0.25, 0.3) is 5.89 Å². The highest BCUT2D eigenvalue weighted by Gasteiger charge is 2.35. The molecule has 0 unspecified atom stereocenters. The molecule has 28 heavy (non-hydrogen) atoms. The molecule has 3 aromatic rings. The first-order valence-electron chi connectivity index (χ1n) is 8.87. The van der Waals surface area contributed by atoms with E-state index in [1.54, 1.807) is 13.0 Å². The van der Waals surface area contributed by atoms with Gasteiger partial charge in [-0.25, -0.2) is 0 Å². The van der Waals surface area contributed by atoms with Gasteiger partial charge >= 0.3 is 6.18 Å². The molecule has 0 radical (unpaired) electrons. The highest BCUT2D eigenvalue weighted by Crippen LogP contribution is 2.40. The number of aliphatic hydroxyl groups excluding tert-OH is 1. The summed E-state index contributed by atoms with van der Waals surface area (Å²) < 4.78 is 50.4. The van der Waals surface area contributed by atoms with Crippen LogP contribution in [0.1, 0.15) is 36.1 Å². The minimum absolute atomic E-state index is 0.0142. The number of halogens is 3. The molecule has 0 saturated carbocycles. The van der Waals surface area contributed by atoms with Gasteiger partial charge in [-0.3, -0.25) is 0 Å². The van der Waals surface area contributed by atoms with E-state index in [0.717, 1.165) is 17.2 Å². The number of ether oxygens (including phenoxy) is 1. The first kappa shape index (κ1) is 18.5. The zero-order valence-corrected chi connectivity index (χ0v) is 15.0. The molecule has 1 aliphatic carbocycles. The summed E-state index contributed by atoms with van der Waals surface area (Å²) in [6, 6.07) is 9.10. The minimum Gasteiger partial charge on any atom is -0.493 e. The molecule has 1 aliphatic rings. The highest BCUT2D eigenvalue weighted by molar-refractivity contribution is 5.66. The predicted octanol–water partition coefficient (Wildman–Crippen LogP) is 4.80. The number of aliphatic hydroxyl groups is 1. The molecule has 5 nitrogen and oxygen atoms in total. The summed E-state index contributed by atoms with van der Waals surface area (Å²) in [4.78, 5) is 4.28. The lowest BCUT2D eigenvalue weighted by molar-refractivity contribution is -0.138. The molecule has 1 aromatic heterocycles. The second kappa shape index (κ2) is 6.94. The quantitative estimate of drug-likeness (QED) is 0.693. The lowest BCUT2D eigenvalue weighted by Crippen LogP contribution is -2.08. The summed E-state index contributed by atoms with van der Waals surface area (Å²) in [7, 11) is 0. The van der Waals surface area contributed by atoms with Crippen LogP contribution < -0.4 is 4.74 Å². The van der Waals surface area contributed by atoms with Crippen molar-refractivity contribution in [1.29, 1.82) is 0 Å². The monoisotopic (exact) mass is 390 g/mol. The van der Waals surface area contributed by atoms with E-state index in [4.69, 9.17) is 9.26 Å². The lowest BCUT2D eigenvalue weighted by Gasteiger charge is -2.13. The third kappa shape index (κ3) is 3.24. The second-order valence-corrected chi connectivity index (χ2v) is 6.49. The molecule has 8 heteroatoms. The Balaban J connectivity index is 1.73. The van der Waals surface area contributed by atoms with Gasteiger partial charge in [0.2, 0.25) is 5.82 Å². The Morgan fingerprint density at radius 2 is 2.07 bits per heavy atom. The van der Waals surface area contributed by atoms with E-state index >= 15 is 0 Å². The molecule has 0 spiro atoms. The molecule has 1 atom stereocenters. The van der Waals surface area contributed by atoms with Crippen LogP contribution in [0.5, 0.6) is 5.75 Å². The Morgan fingerprint density at radius 3 is 2.82 bits per heavy atom. The largest absolute Gasteiger partial charge is 0.493 e. The SMILES string of the molecule is CCOc1ccc(-c2nc(-c3cccc4c3CC[C@H]4O)no2)cc1C(F)(F)F. The third-order valence-electron chi connectivity index (χ3n) is 4.74. The fourth-order valence-electron chi connectivity index (χ4n) is 3.46. The van der Waals surface area contributed by atoms with Gasteiger partial charge in [0.1, 0.15) is 5.75 Å². The Hall–Kier alpha value is -2.87. The van der Waals surface area contributed by atoms with Crippen LogP contribution in [-0.2, 0) is 12.6 Å². The van der Waals surface area contributed by atoms with Crippen LogP contribution in [0.3, 0.4) is 0 Å². The molecular weight excluding hydrogens is 373 g/mol. The normalized spacial score (nSPS) is 16.2. The van der Waals surface area contributed by atoms with Crippen LogP contribution in [0.2, 0.25) is 0 Å². The smallest absolute Gasteiger partial charge is 0.419 e. The average molecular weight is 390 g/mol. The van der Waals surface area contributed by atoms with Crippen LogP contribution in [0.25, 0.3) is 22.8 Å². The van der Waals surface area contributed by atoms with Crippen molar-refractivity contribution in [3.63, 3.8) is 0 Å². The number of fused-ring (bicyclic) bond motifs is 1. The fourth-order valence-corrected chi connectivity index (χ4v) is 3.46. The summed E-state index contributed by atoms with van der Waals surface area (Å²) in [6.07, 6.45) is -3.80. The first-order valence-corrected chi connectivity index (χ1v) is 8.87. The first-order chi connectivity index (χ1) is 13.4. The van der Waals surface area contributed by atoms with Crippen LogP contribution in [0.4, 0.5) is 13.2 Å². The van der Waals surface area contributed by atoms with Gasteiger partial charge in [-0.1, -0.05) is 23.4 Å². The van der Waals surface area contributed by atoms with E-state index in [-0.39, 0.29) is 29.6 Å². The molecule has 0 aliphatic heterocycles. The van der Waals surface area contributed by atoms with E-state index in [1.807, 2.05) is 12.1 Å². The van der Waals surface area contributed by atoms with Crippen molar-refractivity contribution >= 4 is 0 Å². The van der Waals surface area contributed by atoms with Crippen molar-refractivity contribution in [2.75, 3.05) is 6.61 Å². The van der Waals surface area contributed by atoms with E-state index in [0.29, 0.717) is 18.4 Å². The standard InChI is InChI=1S/C20H17F3N2O3/c1-2-27-17-9-6-11(10-15(17)20(21,22)23)19-24-18(25-28-19)14-5-3-4-13-12(14)7-8-16(13)26/h3-6,9-10,16,26H,2,7-8H2,1H3/t16-/m1/s1. The number of hydrogen-bond acceptors (Lipinski definition) is 5. The van der Waals surface area contributed by atoms with Crippen LogP contribution in [-0.4, -0.2) is 21.9 Å². The van der Waals surface area contributed by atoms with Crippen molar-refractivity contribution in [3.05, 3.63) is 53.1 Å². The van der Waals surface area contributed by atoms with Crippen LogP contribution in [0, 0.1) is 0 Å². The second-order valence-electron chi connectivity index (χ2n) is 6.49. The zero-order chi connectivity index (χ0) is 19.9. The van der Waals surface area contributed by atoms with Gasteiger partial charge in [0, 0.05) is 11.1 Å². The molecule has 146 valence electrons. The van der Waals surface area contributed by atoms with Crippen molar-refractivity contribution in [3.8, 4) is 28.6 Å². The molecule has 1 heterocycles. The summed E-state index contributed by atoms with van der Waals surface area (Å²) >= 11 is 0. The minimum atomic E-state index is -4.57. The molecule has 0 saturated heterocycles. The van der Waals surface area contributed by atoms with Crippen molar-refractivity contribution in [2.45, 2.75) is 32.0 Å². The zero-order valence-electron chi connectivity index (χ0n) is 15.0. The van der Waals surface area contributed by atoms with Gasteiger partial charge in [-0.15, -0.1) is 0 Å². The molecule has 2 aromatic carbocycles. The molecule has 0 amide bonds. The van der Waals surface area contributed by atoms with Gasteiger partial charge < -0.3 is 14.4 Å². The maximum Gasteiger partial charge on any atom is 0.419 e. The molecule has 0 bridgehead atoms. The predicted molar refractivity (Wildman–Crippen MR) is 94.6 cm³/mol. The fraction of sp³-hybridized carbons (Fsp3) is 0.300. The topological polar surface area (TPSA) is 68.4 Å². The molecule has 0 fully saturated rings. The number of aromatic nitrogens is 2. The summed E-state index contributed by atoms with van der Waals surface area (Å²) in [5, 5.41) is 14.0. The van der Waals surface area contributed by atoms with E-state index in [2.05, 4.69) is 10.1 Å². The van der Waals surface area contributed by atoms with Crippen LogP contribution >= 0.6 is 0 Å². The van der Waals surface area contributed by atoms with Crippen LogP contribution in [0.15, 0.2) is 40.9 Å². The number of nitrogens with zero attached hydrogens (tertiary/aromatic N) is 2. The maximum atomic E-state index is 13.4. The van der Waals surface area contributed by atoms with E-state index in [1.165, 1.54) is 12.1 Å². The Labute approximate surface area is 158 Å². The lowest BCUT2D eigenvalue weighted by atomic mass is 10.0. The van der Waals surface area contributed by atoms with Crippen molar-refractivity contribution < 1.29 is 27.5 Å². The van der Waals surface area contributed by atoms with Gasteiger partial charge in [-0.05, 0) is 49.1 Å². The number of rotatable bonds is 4. The van der Waals surface area contributed by atoms with Crippen molar-refractivity contribution in [1.82, 2.24) is 10.1 Å². The van der Waals surface area contributed by atoms with Crippen molar-refractivity contribution in [2.24, 2.45) is 0 Å². The Kier molecular flexibility index (Phi) is 4.58. The third-order valence-corrected chi connectivity index (χ3v) is 4.74. The summed E-state index contributed by atoms with van der Waals surface area (Å²) in [6.45, 7) is 1.74. The highest BCUT2D eigenvalue weighted by atomic mass is 19.4. The molecular formula is C20H17F3N2O3. The Bertz CT molecular complexity index is 1010. The number of alkyl halides is 3. The maximum absolute atomic E-state index is 13.4. The van der Waals surface area contributed by atoms with Gasteiger partial charge in [0.15, 0.2) is 0 Å². The van der Waals surface area contributed by atoms with E-state index in [9.17, 15) is 18.3 Å². The number of benzene rings is 2. The average Bonchev–Trinajstić information content (AvgIpc) is 3.29. The van der Waals surface area contributed by atoms with Gasteiger partial charge in [-0.2, -0.15) is 18.2 Å². The summed E-state index contributed by atoms with van der Waals surface area (Å²) in [5.41, 5.74) is 1.73. The molecule has 4 rings (SSSR count). The van der Waals surface area contributed by atoms with E-state index < -0.39 is 17.8 Å². The summed E-state index contributed by atoms with van der Waals surface area (Å²) in [5.74, 6) is 0.0245. The van der Waals surface area contributed by atoms with Gasteiger partial charge in [0.05, 0.1) is 18.3 Å². The molecule has 1 N–H and O–H groups in total.